The number of rotatable bonds is 5. The van der Waals surface area contributed by atoms with Crippen LogP contribution in [0.5, 0.6) is 0 Å². The van der Waals surface area contributed by atoms with Gasteiger partial charge in [-0.05, 0) is 43.4 Å². The lowest BCUT2D eigenvalue weighted by atomic mass is 9.82. The Hall–Kier alpha value is -0.170. The molecule has 0 unspecified atom stereocenters. The summed E-state index contributed by atoms with van der Waals surface area (Å²) in [6.45, 7) is 6.92. The van der Waals surface area contributed by atoms with Gasteiger partial charge in [-0.15, -0.1) is 0 Å². The molecule has 0 aromatic carbocycles. The highest BCUT2D eigenvalue weighted by molar-refractivity contribution is 7.86. The predicted octanol–water partition coefficient (Wildman–Crippen LogP) is 1.45. The van der Waals surface area contributed by atoms with Crippen LogP contribution in [0.1, 0.15) is 46.0 Å². The fourth-order valence-electron chi connectivity index (χ4n) is 3.40. The van der Waals surface area contributed by atoms with E-state index in [4.69, 9.17) is 5.11 Å². The number of hydrogen-bond acceptors (Lipinski definition) is 3. The Morgan fingerprint density at radius 1 is 1.10 bits per heavy atom. The molecule has 2 aliphatic heterocycles. The molecule has 0 radical (unpaired) electrons. The third kappa shape index (κ3) is 3.03. The molecule has 0 atom stereocenters. The van der Waals surface area contributed by atoms with E-state index in [-0.39, 0.29) is 17.9 Å². The molecule has 1 N–H and O–H groups in total. The van der Waals surface area contributed by atoms with Crippen LogP contribution in [0.3, 0.4) is 0 Å². The largest absolute Gasteiger partial charge is 0.396 e. The number of nitrogens with zero attached hydrogens (tertiary/aromatic N) is 2. The normalized spacial score (nSPS) is 26.1. The minimum absolute atomic E-state index is 0.173. The van der Waals surface area contributed by atoms with Crippen molar-refractivity contribution in [3.63, 3.8) is 0 Å². The lowest BCUT2D eigenvalue weighted by Gasteiger charge is -2.34. The van der Waals surface area contributed by atoms with Gasteiger partial charge >= 0.3 is 0 Å². The maximum atomic E-state index is 12.7. The monoisotopic (exact) mass is 304 g/mol. The van der Waals surface area contributed by atoms with Crippen molar-refractivity contribution >= 4 is 10.2 Å². The van der Waals surface area contributed by atoms with Gasteiger partial charge in [-0.3, -0.25) is 0 Å². The van der Waals surface area contributed by atoms with Crippen molar-refractivity contribution in [3.8, 4) is 0 Å². The Morgan fingerprint density at radius 2 is 1.70 bits per heavy atom. The van der Waals surface area contributed by atoms with Crippen molar-refractivity contribution in [1.82, 2.24) is 8.61 Å². The molecule has 2 fully saturated rings. The molecule has 5 nitrogen and oxygen atoms in total. The zero-order valence-corrected chi connectivity index (χ0v) is 13.5. The zero-order chi connectivity index (χ0) is 14.8. The summed E-state index contributed by atoms with van der Waals surface area (Å²) in [5.74, 6) is 0.269. The molecule has 2 aliphatic rings. The van der Waals surface area contributed by atoms with Crippen LogP contribution in [0.15, 0.2) is 0 Å². The SMILES string of the molecule is CCC1(CC)CCN(S(=O)(=O)N2CCC(CO)CC2)C1. The maximum absolute atomic E-state index is 12.7. The Balaban J connectivity index is 2.02. The first-order valence-corrected chi connectivity index (χ1v) is 9.23. The molecule has 0 spiro atoms. The van der Waals surface area contributed by atoms with Crippen LogP contribution in [0.2, 0.25) is 0 Å². The summed E-state index contributed by atoms with van der Waals surface area (Å²) >= 11 is 0. The van der Waals surface area contributed by atoms with Gasteiger partial charge in [0.15, 0.2) is 0 Å². The third-order valence-electron chi connectivity index (χ3n) is 5.39. The molecule has 118 valence electrons. The van der Waals surface area contributed by atoms with E-state index in [0.717, 1.165) is 32.1 Å². The smallest absolute Gasteiger partial charge is 0.281 e. The number of hydrogen-bond donors (Lipinski definition) is 1. The molecular formula is C14H28N2O3S. The van der Waals surface area contributed by atoms with E-state index in [9.17, 15) is 8.42 Å². The number of aliphatic hydroxyl groups is 1. The first kappa shape index (κ1) is 16.2. The highest BCUT2D eigenvalue weighted by Gasteiger charge is 2.42. The van der Waals surface area contributed by atoms with Crippen molar-refractivity contribution in [1.29, 1.82) is 0 Å². The summed E-state index contributed by atoms with van der Waals surface area (Å²) in [5.41, 5.74) is 0.177. The Labute approximate surface area is 123 Å². The minimum atomic E-state index is -3.30. The molecule has 0 aromatic rings. The van der Waals surface area contributed by atoms with Crippen LogP contribution in [0.4, 0.5) is 0 Å². The predicted molar refractivity (Wildman–Crippen MR) is 79.5 cm³/mol. The van der Waals surface area contributed by atoms with Crippen molar-refractivity contribution in [2.45, 2.75) is 46.0 Å². The fraction of sp³-hybridized carbons (Fsp3) is 1.00. The summed E-state index contributed by atoms with van der Waals surface area (Å²) in [5, 5.41) is 9.15. The van der Waals surface area contributed by atoms with Gasteiger partial charge in [-0.2, -0.15) is 17.0 Å². The Bertz CT molecular complexity index is 412. The Morgan fingerprint density at radius 3 is 2.15 bits per heavy atom. The van der Waals surface area contributed by atoms with Crippen LogP contribution >= 0.6 is 0 Å². The van der Waals surface area contributed by atoms with E-state index in [2.05, 4.69) is 13.8 Å². The molecule has 0 bridgehead atoms. The fourth-order valence-corrected chi connectivity index (χ4v) is 5.16. The standard InChI is InChI=1S/C14H28N2O3S/c1-3-14(4-2)7-10-16(12-14)20(18,19)15-8-5-13(11-17)6-9-15/h13,17H,3-12H2,1-2H3. The second kappa shape index (κ2) is 6.30. The van der Waals surface area contributed by atoms with Gasteiger partial charge in [0.1, 0.15) is 0 Å². The average molecular weight is 304 g/mol. The first-order valence-electron chi connectivity index (χ1n) is 7.83. The molecule has 2 heterocycles. The zero-order valence-electron chi connectivity index (χ0n) is 12.7. The lowest BCUT2D eigenvalue weighted by molar-refractivity contribution is 0.166. The van der Waals surface area contributed by atoms with Gasteiger partial charge in [-0.1, -0.05) is 13.8 Å². The lowest BCUT2D eigenvalue weighted by Crippen LogP contribution is -2.47. The van der Waals surface area contributed by atoms with Crippen molar-refractivity contribution in [2.24, 2.45) is 11.3 Å². The molecule has 0 aromatic heterocycles. The number of piperidine rings is 1. The first-order chi connectivity index (χ1) is 9.47. The Kier molecular flexibility index (Phi) is 5.10. The second-order valence-corrected chi connectivity index (χ2v) is 8.25. The van der Waals surface area contributed by atoms with Crippen molar-refractivity contribution in [2.75, 3.05) is 32.8 Å². The molecule has 2 saturated heterocycles. The summed E-state index contributed by atoms with van der Waals surface area (Å²) in [4.78, 5) is 0. The molecule has 20 heavy (non-hydrogen) atoms. The summed E-state index contributed by atoms with van der Waals surface area (Å²) < 4.78 is 28.7. The molecule has 6 heteroatoms. The third-order valence-corrected chi connectivity index (χ3v) is 7.37. The van der Waals surface area contributed by atoms with E-state index >= 15 is 0 Å². The van der Waals surface area contributed by atoms with Gasteiger partial charge in [0.05, 0.1) is 0 Å². The van der Waals surface area contributed by atoms with Crippen LogP contribution < -0.4 is 0 Å². The highest BCUT2D eigenvalue weighted by Crippen LogP contribution is 2.38. The average Bonchev–Trinajstić information content (AvgIpc) is 2.93. The molecule has 0 saturated carbocycles. The van der Waals surface area contributed by atoms with Crippen LogP contribution in [0, 0.1) is 11.3 Å². The molecule has 0 aliphatic carbocycles. The van der Waals surface area contributed by atoms with Gasteiger partial charge in [0.2, 0.25) is 0 Å². The topological polar surface area (TPSA) is 60.9 Å². The quantitative estimate of drug-likeness (QED) is 0.836. The van der Waals surface area contributed by atoms with Gasteiger partial charge < -0.3 is 5.11 Å². The van der Waals surface area contributed by atoms with E-state index in [1.165, 1.54) is 0 Å². The van der Waals surface area contributed by atoms with Crippen LogP contribution in [0.25, 0.3) is 0 Å². The van der Waals surface area contributed by atoms with Gasteiger partial charge in [0, 0.05) is 32.8 Å². The molecule has 2 rings (SSSR count). The summed E-state index contributed by atoms with van der Waals surface area (Å²) in [6, 6.07) is 0. The molecule has 0 amide bonds. The van der Waals surface area contributed by atoms with E-state index in [0.29, 0.717) is 26.2 Å². The van der Waals surface area contributed by atoms with Crippen LogP contribution in [-0.4, -0.2) is 54.9 Å². The van der Waals surface area contributed by atoms with E-state index in [1.54, 1.807) is 8.61 Å². The minimum Gasteiger partial charge on any atom is -0.396 e. The number of aliphatic hydroxyl groups excluding tert-OH is 1. The van der Waals surface area contributed by atoms with Crippen molar-refractivity contribution in [3.05, 3.63) is 0 Å². The highest BCUT2D eigenvalue weighted by atomic mass is 32.2. The van der Waals surface area contributed by atoms with E-state index in [1.807, 2.05) is 0 Å². The van der Waals surface area contributed by atoms with Gasteiger partial charge in [0.25, 0.3) is 10.2 Å². The van der Waals surface area contributed by atoms with Crippen LogP contribution in [-0.2, 0) is 10.2 Å². The van der Waals surface area contributed by atoms with Crippen molar-refractivity contribution < 1.29 is 13.5 Å². The van der Waals surface area contributed by atoms with Gasteiger partial charge in [-0.25, -0.2) is 0 Å². The second-order valence-electron chi connectivity index (χ2n) is 6.32. The summed E-state index contributed by atoms with van der Waals surface area (Å²) in [6.07, 6.45) is 4.61. The maximum Gasteiger partial charge on any atom is 0.281 e. The summed E-state index contributed by atoms with van der Waals surface area (Å²) in [7, 11) is -3.30. The van der Waals surface area contributed by atoms with E-state index < -0.39 is 10.2 Å². The molecular weight excluding hydrogens is 276 g/mol.